The van der Waals surface area contributed by atoms with Gasteiger partial charge in [0.2, 0.25) is 0 Å². The van der Waals surface area contributed by atoms with Crippen molar-refractivity contribution < 1.29 is 13.2 Å². The Labute approximate surface area is 164 Å². The molecule has 2 aromatic heterocycles. The number of aromatic amines is 3. The Morgan fingerprint density at radius 1 is 0.966 bits per heavy atom. The molecule has 0 aliphatic rings. The van der Waals surface area contributed by atoms with Crippen molar-refractivity contribution in [3.05, 3.63) is 94.0 Å². The summed E-state index contributed by atoms with van der Waals surface area (Å²) in [6, 6.07) is 5.18. The molecule has 2 heterocycles. The fourth-order valence-electron chi connectivity index (χ4n) is 2.26. The highest BCUT2D eigenvalue weighted by Crippen LogP contribution is 2.29. The van der Waals surface area contributed by atoms with Crippen LogP contribution < -0.4 is 22.5 Å². The van der Waals surface area contributed by atoms with E-state index < -0.39 is 34.2 Å². The Hall–Kier alpha value is -3.34. The topological polar surface area (TPSA) is 121 Å². The lowest BCUT2D eigenvalue weighted by Crippen LogP contribution is -2.33. The summed E-state index contributed by atoms with van der Waals surface area (Å²) in [7, 11) is 0. The lowest BCUT2D eigenvalue weighted by Gasteiger charge is -2.09. The Balaban J connectivity index is 0.000000253. The van der Waals surface area contributed by atoms with Gasteiger partial charge in [0.15, 0.2) is 0 Å². The molecular formula is C17H14ClF3N4O4. The lowest BCUT2D eigenvalue weighted by molar-refractivity contribution is -0.137. The van der Waals surface area contributed by atoms with E-state index in [1.165, 1.54) is 13.0 Å². The SMILES string of the molecule is Cc1[nH]c(=O)[nH]c(=O)c1Cl.Cc1cc(=O)n(-c2cccc(C(F)(F)F)c2)c(=O)[nH]1. The normalized spacial score (nSPS) is 11.0. The Morgan fingerprint density at radius 3 is 2.17 bits per heavy atom. The number of alkyl halides is 3. The van der Waals surface area contributed by atoms with Gasteiger partial charge in [0.05, 0.1) is 11.3 Å². The first-order valence-electron chi connectivity index (χ1n) is 7.89. The van der Waals surface area contributed by atoms with E-state index in [0.717, 1.165) is 24.3 Å². The van der Waals surface area contributed by atoms with E-state index in [1.807, 2.05) is 4.98 Å². The number of rotatable bonds is 1. The van der Waals surface area contributed by atoms with Gasteiger partial charge in [-0.05, 0) is 32.0 Å². The fraction of sp³-hybridized carbons (Fsp3) is 0.176. The maximum atomic E-state index is 12.6. The van der Waals surface area contributed by atoms with Gasteiger partial charge in [0.25, 0.3) is 11.1 Å². The van der Waals surface area contributed by atoms with Gasteiger partial charge in [-0.1, -0.05) is 17.7 Å². The van der Waals surface area contributed by atoms with E-state index >= 15 is 0 Å². The van der Waals surface area contributed by atoms with Crippen LogP contribution in [0.15, 0.2) is 49.5 Å². The van der Waals surface area contributed by atoms with E-state index in [0.29, 0.717) is 16.0 Å². The molecule has 8 nitrogen and oxygen atoms in total. The van der Waals surface area contributed by atoms with Crippen molar-refractivity contribution in [2.24, 2.45) is 0 Å². The van der Waals surface area contributed by atoms with Gasteiger partial charge in [-0.2, -0.15) is 13.2 Å². The number of H-pyrrole nitrogens is 3. The second-order valence-electron chi connectivity index (χ2n) is 5.83. The maximum Gasteiger partial charge on any atom is 0.416 e. The minimum atomic E-state index is -4.53. The molecule has 0 unspecified atom stereocenters. The molecule has 0 bridgehead atoms. The predicted molar refractivity (Wildman–Crippen MR) is 99.8 cm³/mol. The molecule has 0 atom stereocenters. The van der Waals surface area contributed by atoms with Crippen molar-refractivity contribution in [3.63, 3.8) is 0 Å². The molecular weight excluding hydrogens is 417 g/mol. The Bertz CT molecular complexity index is 1240. The van der Waals surface area contributed by atoms with Crippen LogP contribution in [0.4, 0.5) is 13.2 Å². The second kappa shape index (κ2) is 8.35. The number of nitrogens with zero attached hydrogens (tertiary/aromatic N) is 1. The van der Waals surface area contributed by atoms with Gasteiger partial charge in [-0.3, -0.25) is 14.6 Å². The Kier molecular flexibility index (Phi) is 6.32. The van der Waals surface area contributed by atoms with Crippen molar-refractivity contribution in [3.8, 4) is 5.69 Å². The zero-order valence-corrected chi connectivity index (χ0v) is 15.7. The van der Waals surface area contributed by atoms with E-state index in [-0.39, 0.29) is 10.7 Å². The highest BCUT2D eigenvalue weighted by molar-refractivity contribution is 6.30. The highest BCUT2D eigenvalue weighted by atomic mass is 35.5. The average Bonchev–Trinajstić information content (AvgIpc) is 2.59. The molecule has 0 aliphatic heterocycles. The summed E-state index contributed by atoms with van der Waals surface area (Å²) in [6.07, 6.45) is -4.53. The van der Waals surface area contributed by atoms with E-state index in [2.05, 4.69) is 9.97 Å². The summed E-state index contributed by atoms with van der Waals surface area (Å²) in [5.74, 6) is 0. The van der Waals surface area contributed by atoms with Crippen LogP contribution in [0.3, 0.4) is 0 Å². The molecule has 0 amide bonds. The van der Waals surface area contributed by atoms with Crippen molar-refractivity contribution in [2.45, 2.75) is 20.0 Å². The predicted octanol–water partition coefficient (Wildman–Crippen LogP) is 1.88. The van der Waals surface area contributed by atoms with Crippen LogP contribution in [0.5, 0.6) is 0 Å². The van der Waals surface area contributed by atoms with Gasteiger partial charge >= 0.3 is 17.6 Å². The number of aromatic nitrogens is 4. The van der Waals surface area contributed by atoms with Crippen LogP contribution in [-0.4, -0.2) is 19.5 Å². The molecule has 29 heavy (non-hydrogen) atoms. The highest BCUT2D eigenvalue weighted by Gasteiger charge is 2.30. The molecule has 0 spiro atoms. The smallest absolute Gasteiger partial charge is 0.311 e. The number of hydrogen-bond donors (Lipinski definition) is 3. The minimum Gasteiger partial charge on any atom is -0.311 e. The van der Waals surface area contributed by atoms with Crippen molar-refractivity contribution in [1.29, 1.82) is 0 Å². The van der Waals surface area contributed by atoms with Gasteiger partial charge in [0, 0.05) is 17.5 Å². The zero-order valence-electron chi connectivity index (χ0n) is 15.0. The number of nitrogens with one attached hydrogen (secondary N) is 3. The summed E-state index contributed by atoms with van der Waals surface area (Å²) in [5.41, 5.74) is -2.86. The summed E-state index contributed by atoms with van der Waals surface area (Å²) in [4.78, 5) is 51.2. The van der Waals surface area contributed by atoms with Crippen LogP contribution in [0.1, 0.15) is 17.0 Å². The molecule has 3 aromatic rings. The van der Waals surface area contributed by atoms with Gasteiger partial charge in [-0.15, -0.1) is 0 Å². The van der Waals surface area contributed by atoms with Crippen molar-refractivity contribution in [1.82, 2.24) is 19.5 Å². The Morgan fingerprint density at radius 2 is 1.62 bits per heavy atom. The first-order chi connectivity index (χ1) is 13.4. The first-order valence-corrected chi connectivity index (χ1v) is 8.27. The largest absolute Gasteiger partial charge is 0.416 e. The maximum absolute atomic E-state index is 12.6. The molecule has 0 aliphatic carbocycles. The number of halogens is 4. The first kappa shape index (κ1) is 22.0. The third-order valence-corrected chi connectivity index (χ3v) is 4.01. The summed E-state index contributed by atoms with van der Waals surface area (Å²) in [5, 5.41) is 0.0274. The van der Waals surface area contributed by atoms with E-state index in [9.17, 15) is 32.3 Å². The zero-order chi connectivity index (χ0) is 21.9. The van der Waals surface area contributed by atoms with Crippen LogP contribution in [0.2, 0.25) is 5.02 Å². The van der Waals surface area contributed by atoms with Crippen molar-refractivity contribution >= 4 is 11.6 Å². The minimum absolute atomic E-state index is 0.0274. The van der Waals surface area contributed by atoms with Gasteiger partial charge < -0.3 is 9.97 Å². The quantitative estimate of drug-likeness (QED) is 0.545. The molecule has 0 fully saturated rings. The molecule has 12 heteroatoms. The molecule has 0 saturated carbocycles. The van der Waals surface area contributed by atoms with Gasteiger partial charge in [0.1, 0.15) is 5.02 Å². The molecule has 0 radical (unpaired) electrons. The van der Waals surface area contributed by atoms with Crippen LogP contribution in [-0.2, 0) is 6.18 Å². The monoisotopic (exact) mass is 430 g/mol. The summed E-state index contributed by atoms with van der Waals surface area (Å²) < 4.78 is 38.4. The summed E-state index contributed by atoms with van der Waals surface area (Å²) >= 11 is 5.44. The second-order valence-corrected chi connectivity index (χ2v) is 6.20. The van der Waals surface area contributed by atoms with Crippen LogP contribution in [0, 0.1) is 13.8 Å². The standard InChI is InChI=1S/C12H9F3N2O2.C5H5ClN2O2/c1-7-5-10(18)17(11(19)16-7)9-4-2-3-8(6-9)12(13,14)15;1-2-3(6)4(9)8-5(10)7-2/h2-6H,1H3,(H,16,19);1H3,(H2,7,8,9,10). The van der Waals surface area contributed by atoms with Gasteiger partial charge in [-0.25, -0.2) is 14.2 Å². The lowest BCUT2D eigenvalue weighted by atomic mass is 10.2. The summed E-state index contributed by atoms with van der Waals surface area (Å²) in [6.45, 7) is 3.07. The van der Waals surface area contributed by atoms with Crippen LogP contribution >= 0.6 is 11.6 Å². The average molecular weight is 431 g/mol. The third kappa shape index (κ3) is 5.35. The van der Waals surface area contributed by atoms with E-state index in [4.69, 9.17) is 11.6 Å². The van der Waals surface area contributed by atoms with Crippen molar-refractivity contribution in [2.75, 3.05) is 0 Å². The number of benzene rings is 1. The molecule has 1 aromatic carbocycles. The molecule has 154 valence electrons. The number of hydrogen-bond acceptors (Lipinski definition) is 4. The molecule has 3 rings (SSSR count). The molecule has 0 saturated heterocycles. The fourth-order valence-corrected chi connectivity index (χ4v) is 2.36. The molecule has 3 N–H and O–H groups in total. The van der Waals surface area contributed by atoms with E-state index in [1.54, 1.807) is 6.92 Å². The third-order valence-electron chi connectivity index (χ3n) is 3.56. The van der Waals surface area contributed by atoms with Crippen LogP contribution in [0.25, 0.3) is 5.69 Å². The number of aryl methyl sites for hydroxylation is 2.